The average molecular weight is 265 g/mol. The molecule has 4 heteroatoms. The van der Waals surface area contributed by atoms with Gasteiger partial charge < -0.3 is 11.1 Å². The Bertz CT molecular complexity index is 570. The van der Waals surface area contributed by atoms with Crippen LogP contribution in [0.2, 0.25) is 5.02 Å². The Morgan fingerprint density at radius 1 is 1.22 bits per heavy atom. The lowest BCUT2D eigenvalue weighted by atomic mass is 10.1. The summed E-state index contributed by atoms with van der Waals surface area (Å²) >= 11 is 6.05. The summed E-state index contributed by atoms with van der Waals surface area (Å²) in [5, 5.41) is 3.88. The molecule has 0 amide bonds. The SMILES string of the molecule is Cc1ccc(Nc2ccc(F)cc2CN)cc1Cl. The van der Waals surface area contributed by atoms with Gasteiger partial charge in [0.15, 0.2) is 0 Å². The fourth-order valence-electron chi connectivity index (χ4n) is 1.68. The van der Waals surface area contributed by atoms with Crippen LogP contribution in [-0.4, -0.2) is 0 Å². The third kappa shape index (κ3) is 2.81. The number of halogens is 2. The molecule has 0 spiro atoms. The zero-order valence-corrected chi connectivity index (χ0v) is 10.8. The van der Waals surface area contributed by atoms with Crippen LogP contribution in [0.4, 0.5) is 15.8 Å². The van der Waals surface area contributed by atoms with Crippen molar-refractivity contribution in [1.82, 2.24) is 0 Å². The Balaban J connectivity index is 2.30. The number of nitrogens with two attached hydrogens (primary N) is 1. The van der Waals surface area contributed by atoms with Gasteiger partial charge in [0.1, 0.15) is 5.82 Å². The number of benzene rings is 2. The molecule has 0 heterocycles. The van der Waals surface area contributed by atoms with Crippen LogP contribution in [0.5, 0.6) is 0 Å². The van der Waals surface area contributed by atoms with Crippen LogP contribution in [0.25, 0.3) is 0 Å². The monoisotopic (exact) mass is 264 g/mol. The van der Waals surface area contributed by atoms with E-state index in [1.54, 1.807) is 6.07 Å². The van der Waals surface area contributed by atoms with Gasteiger partial charge in [-0.2, -0.15) is 0 Å². The van der Waals surface area contributed by atoms with Crippen LogP contribution < -0.4 is 11.1 Å². The maximum absolute atomic E-state index is 13.1. The lowest BCUT2D eigenvalue weighted by molar-refractivity contribution is 0.626. The van der Waals surface area contributed by atoms with Crippen LogP contribution in [0.1, 0.15) is 11.1 Å². The molecule has 2 nitrogen and oxygen atoms in total. The molecular formula is C14H14ClFN2. The van der Waals surface area contributed by atoms with Gasteiger partial charge in [0.25, 0.3) is 0 Å². The van der Waals surface area contributed by atoms with Crippen molar-refractivity contribution in [2.24, 2.45) is 5.73 Å². The molecule has 0 aliphatic rings. The molecule has 0 fully saturated rings. The molecule has 0 aromatic heterocycles. The molecule has 0 saturated carbocycles. The minimum Gasteiger partial charge on any atom is -0.355 e. The van der Waals surface area contributed by atoms with Crippen LogP contribution in [0.3, 0.4) is 0 Å². The summed E-state index contributed by atoms with van der Waals surface area (Å²) in [6.45, 7) is 2.22. The molecule has 0 radical (unpaired) electrons. The van der Waals surface area contributed by atoms with Crippen molar-refractivity contribution in [2.45, 2.75) is 13.5 Å². The molecule has 0 aliphatic carbocycles. The van der Waals surface area contributed by atoms with E-state index in [4.69, 9.17) is 17.3 Å². The molecule has 0 saturated heterocycles. The minimum atomic E-state index is -0.289. The van der Waals surface area contributed by atoms with Crippen LogP contribution >= 0.6 is 11.6 Å². The van der Waals surface area contributed by atoms with Crippen molar-refractivity contribution < 1.29 is 4.39 Å². The van der Waals surface area contributed by atoms with E-state index in [9.17, 15) is 4.39 Å². The molecule has 18 heavy (non-hydrogen) atoms. The van der Waals surface area contributed by atoms with Gasteiger partial charge >= 0.3 is 0 Å². The summed E-state index contributed by atoms with van der Waals surface area (Å²) in [7, 11) is 0. The van der Waals surface area contributed by atoms with Gasteiger partial charge in [-0.25, -0.2) is 4.39 Å². The first kappa shape index (κ1) is 12.9. The van der Waals surface area contributed by atoms with Gasteiger partial charge in [0.05, 0.1) is 0 Å². The van der Waals surface area contributed by atoms with E-state index >= 15 is 0 Å². The number of hydrogen-bond donors (Lipinski definition) is 2. The van der Waals surface area contributed by atoms with Gasteiger partial charge in [-0.05, 0) is 48.4 Å². The summed E-state index contributed by atoms with van der Waals surface area (Å²) in [6, 6.07) is 10.2. The minimum absolute atomic E-state index is 0.277. The van der Waals surface area contributed by atoms with E-state index < -0.39 is 0 Å². The van der Waals surface area contributed by atoms with Gasteiger partial charge in [-0.1, -0.05) is 17.7 Å². The van der Waals surface area contributed by atoms with Crippen molar-refractivity contribution in [2.75, 3.05) is 5.32 Å². The summed E-state index contributed by atoms with van der Waals surface area (Å²) in [4.78, 5) is 0. The Labute approximate surface area is 111 Å². The molecule has 0 aliphatic heterocycles. The second-order valence-corrected chi connectivity index (χ2v) is 4.50. The number of anilines is 2. The maximum Gasteiger partial charge on any atom is 0.123 e. The molecule has 0 atom stereocenters. The lowest BCUT2D eigenvalue weighted by Crippen LogP contribution is -2.02. The molecule has 2 aromatic carbocycles. The van der Waals surface area contributed by atoms with Gasteiger partial charge in [-0.15, -0.1) is 0 Å². The smallest absolute Gasteiger partial charge is 0.123 e. The molecule has 2 aromatic rings. The molecule has 0 unspecified atom stereocenters. The summed E-state index contributed by atoms with van der Waals surface area (Å²) < 4.78 is 13.1. The fraction of sp³-hybridized carbons (Fsp3) is 0.143. The predicted molar refractivity (Wildman–Crippen MR) is 73.8 cm³/mol. The summed E-state index contributed by atoms with van der Waals surface area (Å²) in [5.41, 5.74) is 8.98. The normalized spacial score (nSPS) is 10.4. The van der Waals surface area contributed by atoms with Crippen molar-refractivity contribution in [3.63, 3.8) is 0 Å². The van der Waals surface area contributed by atoms with Crippen molar-refractivity contribution in [3.8, 4) is 0 Å². The molecule has 2 rings (SSSR count). The third-order valence-electron chi connectivity index (χ3n) is 2.74. The van der Waals surface area contributed by atoms with Gasteiger partial charge in [0.2, 0.25) is 0 Å². The van der Waals surface area contributed by atoms with Gasteiger partial charge in [-0.3, -0.25) is 0 Å². The molecule has 94 valence electrons. The first-order valence-electron chi connectivity index (χ1n) is 5.62. The standard InChI is InChI=1S/C14H14ClFN2/c1-9-2-4-12(7-13(9)15)18-14-5-3-11(16)6-10(14)8-17/h2-7,18H,8,17H2,1H3. The molecular weight excluding hydrogens is 251 g/mol. The fourth-order valence-corrected chi connectivity index (χ4v) is 1.86. The maximum atomic E-state index is 13.1. The first-order chi connectivity index (χ1) is 8.60. The predicted octanol–water partition coefficient (Wildman–Crippen LogP) is 3.99. The van der Waals surface area contributed by atoms with E-state index in [1.807, 2.05) is 25.1 Å². The zero-order chi connectivity index (χ0) is 13.1. The molecule has 0 bridgehead atoms. The van der Waals surface area contributed by atoms with Crippen LogP contribution in [0, 0.1) is 12.7 Å². The second-order valence-electron chi connectivity index (χ2n) is 4.09. The largest absolute Gasteiger partial charge is 0.355 e. The quantitative estimate of drug-likeness (QED) is 0.880. The molecule has 3 N–H and O–H groups in total. The van der Waals surface area contributed by atoms with Crippen molar-refractivity contribution >= 4 is 23.0 Å². The van der Waals surface area contributed by atoms with E-state index in [1.165, 1.54) is 12.1 Å². The Hall–Kier alpha value is -1.58. The summed E-state index contributed by atoms with van der Waals surface area (Å²) in [6.07, 6.45) is 0. The highest BCUT2D eigenvalue weighted by Crippen LogP contribution is 2.25. The highest BCUT2D eigenvalue weighted by molar-refractivity contribution is 6.31. The van der Waals surface area contributed by atoms with E-state index in [-0.39, 0.29) is 12.4 Å². The second kappa shape index (κ2) is 5.38. The number of nitrogens with one attached hydrogen (secondary N) is 1. The van der Waals surface area contributed by atoms with Crippen molar-refractivity contribution in [3.05, 3.63) is 58.4 Å². The van der Waals surface area contributed by atoms with E-state index in [2.05, 4.69) is 5.32 Å². The van der Waals surface area contributed by atoms with E-state index in [0.29, 0.717) is 5.02 Å². The third-order valence-corrected chi connectivity index (χ3v) is 3.15. The average Bonchev–Trinajstić information content (AvgIpc) is 2.36. The number of hydrogen-bond acceptors (Lipinski definition) is 2. The highest BCUT2D eigenvalue weighted by atomic mass is 35.5. The highest BCUT2D eigenvalue weighted by Gasteiger charge is 2.04. The van der Waals surface area contributed by atoms with Gasteiger partial charge in [0, 0.05) is 22.9 Å². The van der Waals surface area contributed by atoms with Crippen LogP contribution in [-0.2, 0) is 6.54 Å². The first-order valence-corrected chi connectivity index (χ1v) is 5.99. The number of rotatable bonds is 3. The number of aryl methyl sites for hydroxylation is 1. The Kier molecular flexibility index (Phi) is 3.84. The van der Waals surface area contributed by atoms with Crippen LogP contribution in [0.15, 0.2) is 36.4 Å². The zero-order valence-electron chi connectivity index (χ0n) is 10.0. The lowest BCUT2D eigenvalue weighted by Gasteiger charge is -2.12. The summed E-state index contributed by atoms with van der Waals surface area (Å²) in [5.74, 6) is -0.289. The Morgan fingerprint density at radius 3 is 2.67 bits per heavy atom. The van der Waals surface area contributed by atoms with Crippen molar-refractivity contribution in [1.29, 1.82) is 0 Å². The topological polar surface area (TPSA) is 38.0 Å². The Morgan fingerprint density at radius 2 is 2.00 bits per heavy atom. The van der Waals surface area contributed by atoms with E-state index in [0.717, 1.165) is 22.5 Å².